The number of carbonyl (C=O) groups excluding carboxylic acids is 1. The topological polar surface area (TPSA) is 84.1 Å². The summed E-state index contributed by atoms with van der Waals surface area (Å²) in [7, 11) is 0. The molecule has 12 heavy (non-hydrogen) atoms. The zero-order valence-corrected chi connectivity index (χ0v) is 6.37. The number of amides is 1. The van der Waals surface area contributed by atoms with E-state index >= 15 is 0 Å². The fourth-order valence-electron chi connectivity index (χ4n) is 1.27. The molecule has 0 aliphatic carbocycles. The molecule has 5 nitrogen and oxygen atoms in total. The molecule has 0 spiro atoms. The van der Waals surface area contributed by atoms with Crippen LogP contribution in [0.2, 0.25) is 0 Å². The van der Waals surface area contributed by atoms with Crippen LogP contribution < -0.4 is 5.73 Å². The zero-order valence-electron chi connectivity index (χ0n) is 6.37. The number of nitrogens with one attached hydrogen (secondary N) is 1. The van der Waals surface area contributed by atoms with Gasteiger partial charge in [0.2, 0.25) is 0 Å². The number of aliphatic imine (C=N–C) groups is 1. The van der Waals surface area contributed by atoms with Crippen molar-refractivity contribution in [2.24, 2.45) is 10.7 Å². The summed E-state index contributed by atoms with van der Waals surface area (Å²) in [5.41, 5.74) is 7.24. The highest BCUT2D eigenvalue weighted by Gasteiger charge is 2.17. The van der Waals surface area contributed by atoms with Crippen molar-refractivity contribution in [2.75, 3.05) is 0 Å². The SMILES string of the molecule is NC(=O)c1n[nH]c2c1CC=NC2. The van der Waals surface area contributed by atoms with Crippen molar-refractivity contribution in [2.45, 2.75) is 13.0 Å². The lowest BCUT2D eigenvalue weighted by atomic mass is 10.1. The summed E-state index contributed by atoms with van der Waals surface area (Å²) in [6.45, 7) is 0.565. The third kappa shape index (κ3) is 0.903. The summed E-state index contributed by atoms with van der Waals surface area (Å²) in [6, 6.07) is 0. The number of primary amides is 1. The number of aromatic nitrogens is 2. The number of nitrogens with zero attached hydrogens (tertiary/aromatic N) is 2. The van der Waals surface area contributed by atoms with Crippen LogP contribution in [-0.4, -0.2) is 22.3 Å². The van der Waals surface area contributed by atoms with E-state index in [1.54, 1.807) is 6.21 Å². The van der Waals surface area contributed by atoms with Gasteiger partial charge in [-0.05, 0) is 0 Å². The Labute approximate surface area is 68.7 Å². The average Bonchev–Trinajstić information content (AvgIpc) is 2.47. The molecular weight excluding hydrogens is 156 g/mol. The summed E-state index contributed by atoms with van der Waals surface area (Å²) >= 11 is 0. The molecule has 1 aliphatic rings. The van der Waals surface area contributed by atoms with E-state index in [2.05, 4.69) is 15.2 Å². The molecule has 0 bridgehead atoms. The molecule has 0 aromatic carbocycles. The van der Waals surface area contributed by atoms with Crippen LogP contribution in [0, 0.1) is 0 Å². The van der Waals surface area contributed by atoms with Crippen molar-refractivity contribution in [3.05, 3.63) is 17.0 Å². The fourth-order valence-corrected chi connectivity index (χ4v) is 1.27. The lowest BCUT2D eigenvalue weighted by Crippen LogP contribution is -2.14. The second kappa shape index (κ2) is 2.44. The van der Waals surface area contributed by atoms with E-state index in [0.717, 1.165) is 11.3 Å². The summed E-state index contributed by atoms with van der Waals surface area (Å²) in [4.78, 5) is 14.9. The molecule has 0 saturated carbocycles. The van der Waals surface area contributed by atoms with Crippen LogP contribution >= 0.6 is 0 Å². The Bertz CT molecular complexity index is 352. The van der Waals surface area contributed by atoms with E-state index in [0.29, 0.717) is 18.7 Å². The van der Waals surface area contributed by atoms with Crippen LogP contribution in [0.25, 0.3) is 0 Å². The molecule has 3 N–H and O–H groups in total. The van der Waals surface area contributed by atoms with E-state index in [-0.39, 0.29) is 0 Å². The van der Waals surface area contributed by atoms with Gasteiger partial charge in [0.15, 0.2) is 5.69 Å². The molecule has 2 heterocycles. The van der Waals surface area contributed by atoms with Crippen molar-refractivity contribution in [3.8, 4) is 0 Å². The number of carbonyl (C=O) groups is 1. The Morgan fingerprint density at radius 3 is 3.25 bits per heavy atom. The Balaban J connectivity index is 2.48. The maximum atomic E-state index is 10.8. The van der Waals surface area contributed by atoms with Crippen LogP contribution in [0.5, 0.6) is 0 Å². The van der Waals surface area contributed by atoms with Gasteiger partial charge in [0.05, 0.1) is 12.2 Å². The molecule has 0 unspecified atom stereocenters. The van der Waals surface area contributed by atoms with Gasteiger partial charge in [-0.15, -0.1) is 0 Å². The molecule has 62 valence electrons. The second-order valence-electron chi connectivity index (χ2n) is 2.62. The first kappa shape index (κ1) is 7.02. The van der Waals surface area contributed by atoms with E-state index in [1.807, 2.05) is 0 Å². The van der Waals surface area contributed by atoms with Crippen LogP contribution in [-0.2, 0) is 13.0 Å². The van der Waals surface area contributed by atoms with Gasteiger partial charge in [-0.25, -0.2) is 0 Å². The summed E-state index contributed by atoms with van der Waals surface area (Å²) in [5.74, 6) is -0.484. The first-order valence-electron chi connectivity index (χ1n) is 3.63. The number of nitrogens with two attached hydrogens (primary N) is 1. The fraction of sp³-hybridized carbons (Fsp3) is 0.286. The lowest BCUT2D eigenvalue weighted by molar-refractivity contribution is 0.0995. The molecule has 1 aromatic heterocycles. The number of aromatic amines is 1. The molecule has 0 radical (unpaired) electrons. The molecular formula is C7H8N4O. The predicted molar refractivity (Wildman–Crippen MR) is 43.0 cm³/mol. The zero-order chi connectivity index (χ0) is 8.55. The van der Waals surface area contributed by atoms with E-state index in [1.165, 1.54) is 0 Å². The van der Waals surface area contributed by atoms with Gasteiger partial charge in [0.25, 0.3) is 5.91 Å². The van der Waals surface area contributed by atoms with Crippen molar-refractivity contribution in [3.63, 3.8) is 0 Å². The van der Waals surface area contributed by atoms with Gasteiger partial charge in [0.1, 0.15) is 0 Å². The highest BCUT2D eigenvalue weighted by atomic mass is 16.1. The number of fused-ring (bicyclic) bond motifs is 1. The molecule has 1 aromatic rings. The van der Waals surface area contributed by atoms with Crippen LogP contribution in [0.4, 0.5) is 0 Å². The van der Waals surface area contributed by atoms with Gasteiger partial charge < -0.3 is 5.73 Å². The quantitative estimate of drug-likeness (QED) is 0.593. The number of hydrogen-bond acceptors (Lipinski definition) is 3. The minimum atomic E-state index is -0.484. The van der Waals surface area contributed by atoms with E-state index in [4.69, 9.17) is 5.73 Å². The normalized spacial score (nSPS) is 14.3. The largest absolute Gasteiger partial charge is 0.364 e. The third-order valence-electron chi connectivity index (χ3n) is 1.86. The second-order valence-corrected chi connectivity index (χ2v) is 2.62. The average molecular weight is 164 g/mol. The van der Waals surface area contributed by atoms with Gasteiger partial charge in [0, 0.05) is 18.2 Å². The van der Waals surface area contributed by atoms with Gasteiger partial charge >= 0.3 is 0 Å². The van der Waals surface area contributed by atoms with Crippen molar-refractivity contribution < 1.29 is 4.79 Å². The van der Waals surface area contributed by atoms with Crippen LogP contribution in [0.15, 0.2) is 4.99 Å². The minimum absolute atomic E-state index is 0.344. The van der Waals surface area contributed by atoms with Crippen molar-refractivity contribution in [1.82, 2.24) is 10.2 Å². The van der Waals surface area contributed by atoms with Crippen molar-refractivity contribution >= 4 is 12.1 Å². The van der Waals surface area contributed by atoms with Gasteiger partial charge in [-0.2, -0.15) is 5.10 Å². The predicted octanol–water partition coefficient (Wildman–Crippen LogP) is -0.365. The Morgan fingerprint density at radius 1 is 1.67 bits per heavy atom. The van der Waals surface area contributed by atoms with E-state index in [9.17, 15) is 4.79 Å². The summed E-state index contributed by atoms with van der Waals surface area (Å²) in [5, 5.41) is 6.56. The van der Waals surface area contributed by atoms with Crippen LogP contribution in [0.3, 0.4) is 0 Å². The van der Waals surface area contributed by atoms with Gasteiger partial charge in [-0.1, -0.05) is 0 Å². The Hall–Kier alpha value is -1.65. The molecule has 0 atom stereocenters. The Morgan fingerprint density at radius 2 is 2.50 bits per heavy atom. The molecule has 0 fully saturated rings. The maximum Gasteiger partial charge on any atom is 0.269 e. The number of rotatable bonds is 1. The number of H-pyrrole nitrogens is 1. The standard InChI is InChI=1S/C7H8N4O/c8-7(12)6-4-1-2-9-3-5(4)10-11-6/h2H,1,3H2,(H2,8,12)(H,10,11). The smallest absolute Gasteiger partial charge is 0.269 e. The molecule has 1 aliphatic heterocycles. The highest BCUT2D eigenvalue weighted by Crippen LogP contribution is 2.15. The van der Waals surface area contributed by atoms with Crippen LogP contribution in [0.1, 0.15) is 21.7 Å². The van der Waals surface area contributed by atoms with Crippen molar-refractivity contribution in [1.29, 1.82) is 0 Å². The van der Waals surface area contributed by atoms with E-state index < -0.39 is 5.91 Å². The van der Waals surface area contributed by atoms with Gasteiger partial charge in [-0.3, -0.25) is 14.9 Å². The maximum absolute atomic E-state index is 10.8. The monoisotopic (exact) mass is 164 g/mol. The first-order chi connectivity index (χ1) is 5.79. The summed E-state index contributed by atoms with van der Waals surface area (Å²) in [6.07, 6.45) is 2.41. The third-order valence-corrected chi connectivity index (χ3v) is 1.86. The molecule has 5 heteroatoms. The first-order valence-corrected chi connectivity index (χ1v) is 3.63. The summed E-state index contributed by atoms with van der Waals surface area (Å²) < 4.78 is 0. The molecule has 2 rings (SSSR count). The molecule has 0 saturated heterocycles. The minimum Gasteiger partial charge on any atom is -0.364 e. The Kier molecular flexibility index (Phi) is 1.43. The highest BCUT2D eigenvalue weighted by molar-refractivity contribution is 5.93. The lowest BCUT2D eigenvalue weighted by Gasteiger charge is -2.03. The number of hydrogen-bond donors (Lipinski definition) is 2. The molecule has 1 amide bonds.